The average Bonchev–Trinajstić information content (AvgIpc) is 3.19. The van der Waals surface area contributed by atoms with E-state index in [4.69, 9.17) is 0 Å². The summed E-state index contributed by atoms with van der Waals surface area (Å²) in [6, 6.07) is 5.76. The van der Waals surface area contributed by atoms with Gasteiger partial charge in [-0.25, -0.2) is 0 Å². The third kappa shape index (κ3) is 5.63. The van der Waals surface area contributed by atoms with Crippen molar-refractivity contribution in [2.45, 2.75) is 38.2 Å². The molecule has 0 aliphatic heterocycles. The van der Waals surface area contributed by atoms with Gasteiger partial charge in [0.2, 0.25) is 5.91 Å². The topological polar surface area (TPSA) is 50.4 Å². The highest BCUT2D eigenvalue weighted by molar-refractivity contribution is 5.78. The number of benzene rings is 1. The Morgan fingerprint density at radius 3 is 2.48 bits per heavy atom. The van der Waals surface area contributed by atoms with Gasteiger partial charge in [-0.2, -0.15) is 0 Å². The zero-order valence-electron chi connectivity index (χ0n) is 11.5. The molecular weight excluding hydrogens is 285 g/mol. The highest BCUT2D eigenvalue weighted by Gasteiger charge is 2.31. The SMILES string of the molecule is CC(NCC(=O)NC1CC1)c1ccc(OC(F)(F)F)cc1. The van der Waals surface area contributed by atoms with Crippen LogP contribution in [0.2, 0.25) is 0 Å². The summed E-state index contributed by atoms with van der Waals surface area (Å²) in [4.78, 5) is 11.5. The van der Waals surface area contributed by atoms with Gasteiger partial charge in [-0.15, -0.1) is 13.2 Å². The first kappa shape index (κ1) is 15.6. The molecule has 7 heteroatoms. The molecule has 21 heavy (non-hydrogen) atoms. The molecule has 1 aromatic carbocycles. The molecule has 2 N–H and O–H groups in total. The molecule has 0 saturated heterocycles. The summed E-state index contributed by atoms with van der Waals surface area (Å²) >= 11 is 0. The van der Waals surface area contributed by atoms with Crippen LogP contribution in [0.15, 0.2) is 24.3 Å². The lowest BCUT2D eigenvalue weighted by atomic mass is 10.1. The fourth-order valence-electron chi connectivity index (χ4n) is 1.83. The first-order valence-electron chi connectivity index (χ1n) is 6.72. The number of amides is 1. The molecule has 1 unspecified atom stereocenters. The smallest absolute Gasteiger partial charge is 0.406 e. The van der Waals surface area contributed by atoms with Crippen LogP contribution in [0.4, 0.5) is 13.2 Å². The van der Waals surface area contributed by atoms with Crippen LogP contribution >= 0.6 is 0 Å². The van der Waals surface area contributed by atoms with Crippen LogP contribution in [0, 0.1) is 0 Å². The molecule has 0 bridgehead atoms. The van der Waals surface area contributed by atoms with Crippen molar-refractivity contribution in [3.8, 4) is 5.75 Å². The number of hydrogen-bond acceptors (Lipinski definition) is 3. The number of nitrogens with one attached hydrogen (secondary N) is 2. The second kappa shape index (κ2) is 6.34. The highest BCUT2D eigenvalue weighted by atomic mass is 19.4. The minimum Gasteiger partial charge on any atom is -0.406 e. The van der Waals surface area contributed by atoms with E-state index >= 15 is 0 Å². The summed E-state index contributed by atoms with van der Waals surface area (Å²) in [5, 5.41) is 5.87. The van der Waals surface area contributed by atoms with Gasteiger partial charge in [0.25, 0.3) is 0 Å². The van der Waals surface area contributed by atoms with Gasteiger partial charge in [0.05, 0.1) is 6.54 Å². The van der Waals surface area contributed by atoms with E-state index in [0.29, 0.717) is 6.04 Å². The lowest BCUT2D eigenvalue weighted by Gasteiger charge is -2.15. The zero-order chi connectivity index (χ0) is 15.5. The van der Waals surface area contributed by atoms with Gasteiger partial charge < -0.3 is 15.4 Å². The molecule has 0 heterocycles. The number of rotatable bonds is 6. The number of hydrogen-bond donors (Lipinski definition) is 2. The largest absolute Gasteiger partial charge is 0.573 e. The van der Waals surface area contributed by atoms with Crippen LogP contribution in [0.5, 0.6) is 5.75 Å². The maximum absolute atomic E-state index is 12.0. The Kier molecular flexibility index (Phi) is 4.72. The molecule has 2 rings (SSSR count). The van der Waals surface area contributed by atoms with E-state index in [1.54, 1.807) is 0 Å². The monoisotopic (exact) mass is 302 g/mol. The molecule has 116 valence electrons. The van der Waals surface area contributed by atoms with E-state index < -0.39 is 6.36 Å². The molecule has 1 amide bonds. The molecule has 1 fully saturated rings. The summed E-state index contributed by atoms with van der Waals surface area (Å²) in [5.41, 5.74) is 0.781. The fraction of sp³-hybridized carbons (Fsp3) is 0.500. The van der Waals surface area contributed by atoms with Crippen molar-refractivity contribution in [3.63, 3.8) is 0 Å². The van der Waals surface area contributed by atoms with Crippen molar-refractivity contribution in [1.82, 2.24) is 10.6 Å². The predicted molar refractivity (Wildman–Crippen MR) is 70.7 cm³/mol. The third-order valence-electron chi connectivity index (χ3n) is 3.12. The van der Waals surface area contributed by atoms with Crippen LogP contribution in [-0.2, 0) is 4.79 Å². The Hall–Kier alpha value is -1.76. The van der Waals surface area contributed by atoms with E-state index in [0.717, 1.165) is 18.4 Å². The molecule has 4 nitrogen and oxygen atoms in total. The van der Waals surface area contributed by atoms with Gasteiger partial charge in [-0.3, -0.25) is 4.79 Å². The zero-order valence-corrected chi connectivity index (χ0v) is 11.5. The Morgan fingerprint density at radius 2 is 1.95 bits per heavy atom. The molecule has 1 atom stereocenters. The van der Waals surface area contributed by atoms with Gasteiger partial charge in [-0.1, -0.05) is 12.1 Å². The van der Waals surface area contributed by atoms with E-state index in [2.05, 4.69) is 15.4 Å². The Labute approximate surface area is 120 Å². The van der Waals surface area contributed by atoms with E-state index in [9.17, 15) is 18.0 Å². The Morgan fingerprint density at radius 1 is 1.33 bits per heavy atom. The van der Waals surface area contributed by atoms with Crippen molar-refractivity contribution in [3.05, 3.63) is 29.8 Å². The summed E-state index contributed by atoms with van der Waals surface area (Å²) in [6.07, 6.45) is -2.63. The van der Waals surface area contributed by atoms with Crippen LogP contribution in [0.25, 0.3) is 0 Å². The second-order valence-corrected chi connectivity index (χ2v) is 5.06. The lowest BCUT2D eigenvalue weighted by Crippen LogP contribution is -2.36. The maximum atomic E-state index is 12.0. The molecular formula is C14H17F3N2O2. The van der Waals surface area contributed by atoms with Gasteiger partial charge in [0.15, 0.2) is 0 Å². The summed E-state index contributed by atoms with van der Waals surface area (Å²) in [5.74, 6) is -0.327. The first-order chi connectivity index (χ1) is 9.83. The molecule has 0 radical (unpaired) electrons. The normalized spacial score (nSPS) is 16.4. The van der Waals surface area contributed by atoms with Crippen molar-refractivity contribution in [2.75, 3.05) is 6.54 Å². The molecule has 1 aliphatic carbocycles. The molecule has 1 aromatic rings. The summed E-state index contributed by atoms with van der Waals surface area (Å²) in [6.45, 7) is 2.02. The van der Waals surface area contributed by atoms with E-state index in [-0.39, 0.29) is 24.2 Å². The van der Waals surface area contributed by atoms with Gasteiger partial charge in [0, 0.05) is 12.1 Å². The minimum absolute atomic E-state index is 0.0682. The maximum Gasteiger partial charge on any atom is 0.573 e. The van der Waals surface area contributed by atoms with Gasteiger partial charge in [-0.05, 0) is 37.5 Å². The minimum atomic E-state index is -4.69. The first-order valence-corrected chi connectivity index (χ1v) is 6.72. The number of halogens is 3. The van der Waals surface area contributed by atoms with Gasteiger partial charge in [0.1, 0.15) is 5.75 Å². The Balaban J connectivity index is 1.81. The van der Waals surface area contributed by atoms with Crippen LogP contribution in [-0.4, -0.2) is 24.9 Å². The number of carbonyl (C=O) groups excluding carboxylic acids is 1. The van der Waals surface area contributed by atoms with Crippen molar-refractivity contribution in [2.24, 2.45) is 0 Å². The van der Waals surface area contributed by atoms with Crippen molar-refractivity contribution < 1.29 is 22.7 Å². The second-order valence-electron chi connectivity index (χ2n) is 5.06. The van der Waals surface area contributed by atoms with E-state index in [1.165, 1.54) is 24.3 Å². The third-order valence-corrected chi connectivity index (χ3v) is 3.12. The van der Waals surface area contributed by atoms with Crippen molar-refractivity contribution >= 4 is 5.91 Å². The average molecular weight is 302 g/mol. The lowest BCUT2D eigenvalue weighted by molar-refractivity contribution is -0.274. The standard InChI is InChI=1S/C14H17F3N2O2/c1-9(18-8-13(20)19-11-4-5-11)10-2-6-12(7-3-10)21-14(15,16)17/h2-3,6-7,9,11,18H,4-5,8H2,1H3,(H,19,20). The Bertz CT molecular complexity index is 484. The summed E-state index contributed by atoms with van der Waals surface area (Å²) in [7, 11) is 0. The van der Waals surface area contributed by atoms with Crippen molar-refractivity contribution in [1.29, 1.82) is 0 Å². The van der Waals surface area contributed by atoms with E-state index in [1.807, 2.05) is 6.92 Å². The molecule has 0 aromatic heterocycles. The number of carbonyl (C=O) groups is 1. The van der Waals surface area contributed by atoms with Crippen LogP contribution < -0.4 is 15.4 Å². The van der Waals surface area contributed by atoms with Crippen LogP contribution in [0.3, 0.4) is 0 Å². The predicted octanol–water partition coefficient (Wildman–Crippen LogP) is 2.51. The molecule has 1 aliphatic rings. The fourth-order valence-corrected chi connectivity index (χ4v) is 1.83. The summed E-state index contributed by atoms with van der Waals surface area (Å²) < 4.78 is 39.9. The number of alkyl halides is 3. The van der Waals surface area contributed by atoms with Crippen LogP contribution in [0.1, 0.15) is 31.4 Å². The van der Waals surface area contributed by atoms with Gasteiger partial charge >= 0.3 is 6.36 Å². The quantitative estimate of drug-likeness (QED) is 0.849. The molecule has 1 saturated carbocycles. The number of ether oxygens (including phenoxy) is 1. The highest BCUT2D eigenvalue weighted by Crippen LogP contribution is 2.24. The molecule has 0 spiro atoms.